The molecule has 4 heterocycles. The summed E-state index contributed by atoms with van der Waals surface area (Å²) in [5.41, 5.74) is 11.6. The van der Waals surface area contributed by atoms with E-state index in [-0.39, 0.29) is 0 Å². The van der Waals surface area contributed by atoms with Gasteiger partial charge in [0.1, 0.15) is 5.52 Å². The predicted molar refractivity (Wildman–Crippen MR) is 238 cm³/mol. The van der Waals surface area contributed by atoms with E-state index in [4.69, 9.17) is 24.4 Å². The summed E-state index contributed by atoms with van der Waals surface area (Å²) in [4.78, 5) is 20.7. The first-order chi connectivity index (χ1) is 29.3. The first-order valence-electron chi connectivity index (χ1n) is 19.7. The highest BCUT2D eigenvalue weighted by atomic mass is 16.3. The van der Waals surface area contributed by atoms with Gasteiger partial charge in [-0.05, 0) is 47.5 Å². The fourth-order valence-corrected chi connectivity index (χ4v) is 8.55. The summed E-state index contributed by atoms with van der Waals surface area (Å²) >= 11 is 0. The van der Waals surface area contributed by atoms with Crippen LogP contribution in [0, 0.1) is 0 Å². The number of oxazole rings is 1. The molecule has 59 heavy (non-hydrogen) atoms. The molecule has 7 heteroatoms. The van der Waals surface area contributed by atoms with Crippen molar-refractivity contribution in [2.75, 3.05) is 0 Å². The molecule has 0 aliphatic rings. The zero-order chi connectivity index (χ0) is 38.9. The van der Waals surface area contributed by atoms with Crippen LogP contribution in [0.1, 0.15) is 0 Å². The molecule has 0 radical (unpaired) electrons. The molecular weight excluding hydrogens is 725 g/mol. The number of rotatable bonds is 6. The highest BCUT2D eigenvalue weighted by Crippen LogP contribution is 2.43. The Hall–Kier alpha value is -8.16. The van der Waals surface area contributed by atoms with E-state index in [0.29, 0.717) is 23.5 Å². The van der Waals surface area contributed by atoms with E-state index in [1.807, 2.05) is 66.7 Å². The lowest BCUT2D eigenvalue weighted by molar-refractivity contribution is 0.619. The van der Waals surface area contributed by atoms with Crippen molar-refractivity contribution in [2.24, 2.45) is 0 Å². The Morgan fingerprint density at radius 3 is 1.56 bits per heavy atom. The fourth-order valence-electron chi connectivity index (χ4n) is 8.55. The molecule has 0 fully saturated rings. The minimum Gasteiger partial charge on any atom is -0.436 e. The zero-order valence-corrected chi connectivity index (χ0v) is 31.6. The molecule has 8 aromatic carbocycles. The SMILES string of the molecule is c1ccc(-c2ccc(-c3nc(-c4ccccc4)nc(-n4c5ccccc5c5ccc6c7ccccc7n(-c7ccccc7-c7nc8ccccc8o7)c6c54)n3)cc2)cc1. The molecule has 0 saturated carbocycles. The summed E-state index contributed by atoms with van der Waals surface area (Å²) in [5.74, 6) is 2.28. The van der Waals surface area contributed by atoms with E-state index in [2.05, 4.69) is 137 Å². The van der Waals surface area contributed by atoms with E-state index in [1.165, 1.54) is 0 Å². The van der Waals surface area contributed by atoms with Crippen LogP contribution in [0.4, 0.5) is 0 Å². The Labute approximate surface area is 338 Å². The van der Waals surface area contributed by atoms with Gasteiger partial charge in [0, 0.05) is 32.7 Å². The van der Waals surface area contributed by atoms with E-state index in [9.17, 15) is 0 Å². The number of aromatic nitrogens is 6. The molecule has 0 atom stereocenters. The Morgan fingerprint density at radius 2 is 0.864 bits per heavy atom. The van der Waals surface area contributed by atoms with Gasteiger partial charge in [-0.1, -0.05) is 158 Å². The number of para-hydroxylation sites is 5. The largest absolute Gasteiger partial charge is 0.436 e. The maximum absolute atomic E-state index is 6.43. The van der Waals surface area contributed by atoms with Crippen LogP contribution in [0.25, 0.3) is 112 Å². The van der Waals surface area contributed by atoms with Gasteiger partial charge in [-0.2, -0.15) is 9.97 Å². The van der Waals surface area contributed by atoms with Crippen molar-refractivity contribution in [1.82, 2.24) is 29.1 Å². The van der Waals surface area contributed by atoms with Crippen molar-refractivity contribution >= 4 is 54.7 Å². The van der Waals surface area contributed by atoms with Gasteiger partial charge in [-0.15, -0.1) is 0 Å². The fraction of sp³-hybridized carbons (Fsp3) is 0. The van der Waals surface area contributed by atoms with Crippen LogP contribution in [-0.2, 0) is 0 Å². The highest BCUT2D eigenvalue weighted by molar-refractivity contribution is 6.24. The Bertz CT molecular complexity index is 3510. The van der Waals surface area contributed by atoms with Gasteiger partial charge in [0.2, 0.25) is 11.8 Å². The average molecular weight is 757 g/mol. The minimum atomic E-state index is 0.531. The lowest BCUT2D eigenvalue weighted by atomic mass is 10.0. The summed E-state index contributed by atoms with van der Waals surface area (Å²) < 4.78 is 11.0. The van der Waals surface area contributed by atoms with Gasteiger partial charge in [0.05, 0.1) is 33.3 Å². The molecule has 7 nitrogen and oxygen atoms in total. The molecule has 0 unspecified atom stereocenters. The van der Waals surface area contributed by atoms with Gasteiger partial charge in [-0.25, -0.2) is 9.97 Å². The van der Waals surface area contributed by atoms with Crippen LogP contribution in [0.15, 0.2) is 199 Å². The lowest BCUT2D eigenvalue weighted by Gasteiger charge is -2.15. The van der Waals surface area contributed by atoms with Gasteiger partial charge < -0.3 is 8.98 Å². The molecule has 4 aromatic heterocycles. The first kappa shape index (κ1) is 33.0. The van der Waals surface area contributed by atoms with Crippen LogP contribution in [-0.4, -0.2) is 29.1 Å². The topological polar surface area (TPSA) is 74.6 Å². The van der Waals surface area contributed by atoms with Crippen molar-refractivity contribution in [2.45, 2.75) is 0 Å². The summed E-state index contributed by atoms with van der Waals surface area (Å²) in [7, 11) is 0. The monoisotopic (exact) mass is 756 g/mol. The third kappa shape index (κ3) is 5.29. The molecular formula is C52H32N6O. The highest BCUT2D eigenvalue weighted by Gasteiger charge is 2.25. The smallest absolute Gasteiger partial charge is 0.238 e. The maximum atomic E-state index is 6.43. The van der Waals surface area contributed by atoms with Gasteiger partial charge in [0.15, 0.2) is 17.2 Å². The molecule has 0 aliphatic heterocycles. The van der Waals surface area contributed by atoms with Crippen molar-refractivity contribution < 1.29 is 4.42 Å². The van der Waals surface area contributed by atoms with Gasteiger partial charge in [-0.3, -0.25) is 4.57 Å². The standard InChI is InChI=1S/C52H32N6O/c1-3-15-33(16-4-1)34-27-29-36(30-28-34)50-54-49(35-17-5-2-6-18-35)55-52(56-50)58-44-24-12-8-20-38(44)40-32-31-39-37-19-7-11-23-43(37)57(47(39)48(40)58)45-25-13-9-21-41(45)51-53-42-22-10-14-26-46(42)59-51/h1-32H. The molecule has 0 spiro atoms. The summed E-state index contributed by atoms with van der Waals surface area (Å²) in [6.07, 6.45) is 0. The van der Waals surface area contributed by atoms with Crippen molar-refractivity contribution in [3.63, 3.8) is 0 Å². The summed E-state index contributed by atoms with van der Waals surface area (Å²) in [6.45, 7) is 0. The Balaban J connectivity index is 1.17. The molecule has 276 valence electrons. The van der Waals surface area contributed by atoms with E-state index < -0.39 is 0 Å². The number of nitrogens with zero attached hydrogens (tertiary/aromatic N) is 6. The average Bonchev–Trinajstić information content (AvgIpc) is 4.00. The van der Waals surface area contributed by atoms with Crippen LogP contribution in [0.3, 0.4) is 0 Å². The van der Waals surface area contributed by atoms with Crippen molar-refractivity contribution in [1.29, 1.82) is 0 Å². The van der Waals surface area contributed by atoms with E-state index >= 15 is 0 Å². The van der Waals surface area contributed by atoms with Crippen molar-refractivity contribution in [3.8, 4) is 57.0 Å². The van der Waals surface area contributed by atoms with Gasteiger partial charge in [0.25, 0.3) is 0 Å². The normalized spacial score (nSPS) is 11.7. The van der Waals surface area contributed by atoms with E-state index in [1.54, 1.807) is 0 Å². The Morgan fingerprint density at radius 1 is 0.356 bits per heavy atom. The second-order valence-corrected chi connectivity index (χ2v) is 14.7. The molecule has 12 aromatic rings. The molecule has 0 saturated heterocycles. The van der Waals surface area contributed by atoms with Crippen molar-refractivity contribution in [3.05, 3.63) is 194 Å². The second-order valence-electron chi connectivity index (χ2n) is 14.7. The summed E-state index contributed by atoms with van der Waals surface area (Å²) in [6, 6.07) is 66.8. The van der Waals surface area contributed by atoms with Crippen LogP contribution >= 0.6 is 0 Å². The maximum Gasteiger partial charge on any atom is 0.238 e. The number of hydrogen-bond donors (Lipinski definition) is 0. The van der Waals surface area contributed by atoms with Crippen LogP contribution in [0.2, 0.25) is 0 Å². The van der Waals surface area contributed by atoms with Crippen LogP contribution in [0.5, 0.6) is 0 Å². The van der Waals surface area contributed by atoms with Crippen LogP contribution < -0.4 is 0 Å². The third-order valence-corrected chi connectivity index (χ3v) is 11.2. The lowest BCUT2D eigenvalue weighted by Crippen LogP contribution is -2.07. The molecule has 0 N–H and O–H groups in total. The second kappa shape index (κ2) is 13.2. The molecule has 12 rings (SSSR count). The Kier molecular flexibility index (Phi) is 7.40. The predicted octanol–water partition coefficient (Wildman–Crippen LogP) is 12.9. The minimum absolute atomic E-state index is 0.531. The first-order valence-corrected chi connectivity index (χ1v) is 19.7. The quantitative estimate of drug-likeness (QED) is 0.169. The number of benzene rings is 8. The number of fused-ring (bicyclic) bond motifs is 8. The number of hydrogen-bond acceptors (Lipinski definition) is 5. The molecule has 0 bridgehead atoms. The van der Waals surface area contributed by atoms with E-state index in [0.717, 1.165) is 88.2 Å². The summed E-state index contributed by atoms with van der Waals surface area (Å²) in [5, 5.41) is 4.43. The zero-order valence-electron chi connectivity index (χ0n) is 31.6. The molecule has 0 amide bonds. The third-order valence-electron chi connectivity index (χ3n) is 11.2. The molecule has 0 aliphatic carbocycles. The van der Waals surface area contributed by atoms with Gasteiger partial charge >= 0.3 is 0 Å².